The summed E-state index contributed by atoms with van der Waals surface area (Å²) >= 11 is 7.58. The normalized spacial score (nSPS) is 13.1. The molecule has 0 spiro atoms. The Morgan fingerprint density at radius 3 is 2.19 bits per heavy atom. The number of alkyl halides is 3. The van der Waals surface area contributed by atoms with Crippen LogP contribution >= 0.6 is 27.5 Å². The fourth-order valence-electron chi connectivity index (χ4n) is 0.767. The molecule has 0 aliphatic rings. The van der Waals surface area contributed by atoms with Gasteiger partial charge in [0.25, 0.3) is 0 Å². The Hall–Kier alpha value is -0.690. The van der Waals surface area contributed by atoms with Crippen LogP contribution in [0.3, 0.4) is 0 Å². The zero-order valence-electron chi connectivity index (χ0n) is 7.25. The van der Waals surface area contributed by atoms with Gasteiger partial charge in [0.05, 0.1) is 5.69 Å². The molecule has 0 N–H and O–H groups in total. The van der Waals surface area contributed by atoms with Crippen molar-refractivity contribution in [1.29, 1.82) is 0 Å². The van der Waals surface area contributed by atoms with E-state index in [1.165, 1.54) is 0 Å². The van der Waals surface area contributed by atoms with Crippen molar-refractivity contribution in [3.8, 4) is 0 Å². The van der Waals surface area contributed by atoms with Crippen LogP contribution < -0.4 is 0 Å². The highest BCUT2D eigenvalue weighted by atomic mass is 79.9. The molecule has 0 fully saturated rings. The van der Waals surface area contributed by atoms with Gasteiger partial charge < -0.3 is 0 Å². The summed E-state index contributed by atoms with van der Waals surface area (Å²) in [7, 11) is 0. The van der Waals surface area contributed by atoms with Crippen molar-refractivity contribution in [2.24, 2.45) is 4.99 Å². The van der Waals surface area contributed by atoms with Crippen LogP contribution in [0.5, 0.6) is 0 Å². The predicted molar refractivity (Wildman–Crippen MR) is 53.1 cm³/mol. The summed E-state index contributed by atoms with van der Waals surface area (Å²) in [4.78, 5) is 2.94. The van der Waals surface area contributed by atoms with E-state index >= 15 is 0 Å². The smallest absolute Gasteiger partial charge is 0.231 e. The lowest BCUT2D eigenvalue weighted by Gasteiger charge is -2.04. The SMILES string of the molecule is Fc1cc(Br)c(N=C(Cl)C(F)(F)F)cc1F. The second-order valence-electron chi connectivity index (χ2n) is 2.62. The summed E-state index contributed by atoms with van der Waals surface area (Å²) in [6, 6.07) is 1.17. The predicted octanol–water partition coefficient (Wildman–Crippen LogP) is 4.56. The van der Waals surface area contributed by atoms with Crippen molar-refractivity contribution in [3.05, 3.63) is 28.2 Å². The Bertz CT molecular complexity index is 443. The minimum atomic E-state index is -4.83. The number of aliphatic imine (C=N–C) groups is 1. The average Bonchev–Trinajstić information content (AvgIpc) is 2.12. The van der Waals surface area contributed by atoms with Crippen LogP contribution in [0.15, 0.2) is 21.6 Å². The van der Waals surface area contributed by atoms with Crippen molar-refractivity contribution in [2.45, 2.75) is 6.18 Å². The number of hydrogen-bond donors (Lipinski definition) is 0. The third kappa shape index (κ3) is 3.15. The zero-order chi connectivity index (χ0) is 12.5. The van der Waals surface area contributed by atoms with Crippen LogP contribution in [0.2, 0.25) is 0 Å². The highest BCUT2D eigenvalue weighted by molar-refractivity contribution is 9.10. The third-order valence-corrected chi connectivity index (χ3v) is 2.38. The molecule has 0 aliphatic heterocycles. The zero-order valence-corrected chi connectivity index (χ0v) is 9.59. The van der Waals surface area contributed by atoms with Gasteiger partial charge in [0.2, 0.25) is 5.17 Å². The molecule has 0 saturated carbocycles. The van der Waals surface area contributed by atoms with Gasteiger partial charge in [-0.25, -0.2) is 13.8 Å². The second kappa shape index (κ2) is 4.67. The van der Waals surface area contributed by atoms with Gasteiger partial charge in [-0.05, 0) is 22.0 Å². The van der Waals surface area contributed by atoms with Gasteiger partial charge in [0.1, 0.15) is 0 Å². The van der Waals surface area contributed by atoms with Crippen LogP contribution in [0.25, 0.3) is 0 Å². The first kappa shape index (κ1) is 13.4. The molecular formula is C8H2BrClF5N. The molecule has 0 amide bonds. The van der Waals surface area contributed by atoms with Gasteiger partial charge in [-0.2, -0.15) is 13.2 Å². The van der Waals surface area contributed by atoms with E-state index in [1.54, 1.807) is 0 Å². The van der Waals surface area contributed by atoms with Crippen LogP contribution in [-0.4, -0.2) is 11.3 Å². The Morgan fingerprint density at radius 1 is 1.19 bits per heavy atom. The highest BCUT2D eigenvalue weighted by Crippen LogP contribution is 2.31. The van der Waals surface area contributed by atoms with Gasteiger partial charge in [0, 0.05) is 10.5 Å². The molecule has 1 nitrogen and oxygen atoms in total. The lowest BCUT2D eigenvalue weighted by atomic mass is 10.3. The second-order valence-corrected chi connectivity index (χ2v) is 3.83. The van der Waals surface area contributed by atoms with E-state index in [0.717, 1.165) is 0 Å². The molecular weight excluding hydrogens is 320 g/mol. The quantitative estimate of drug-likeness (QED) is 0.408. The van der Waals surface area contributed by atoms with Crippen molar-refractivity contribution >= 4 is 38.4 Å². The molecule has 0 bridgehead atoms. The number of hydrogen-bond acceptors (Lipinski definition) is 1. The van der Waals surface area contributed by atoms with E-state index in [4.69, 9.17) is 11.6 Å². The van der Waals surface area contributed by atoms with E-state index < -0.39 is 28.7 Å². The fourth-order valence-corrected chi connectivity index (χ4v) is 1.26. The maximum absolute atomic E-state index is 12.7. The molecule has 16 heavy (non-hydrogen) atoms. The standard InChI is InChI=1S/C8H2BrClF5N/c9-3-1-4(11)5(12)2-6(3)16-7(10)8(13,14)15/h1-2H. The van der Waals surface area contributed by atoms with E-state index in [-0.39, 0.29) is 4.47 Å². The van der Waals surface area contributed by atoms with Crippen molar-refractivity contribution < 1.29 is 22.0 Å². The largest absolute Gasteiger partial charge is 0.444 e. The topological polar surface area (TPSA) is 12.4 Å². The minimum Gasteiger partial charge on any atom is -0.231 e. The first-order valence-corrected chi connectivity index (χ1v) is 4.85. The summed E-state index contributed by atoms with van der Waals surface area (Å²) in [5, 5.41) is -1.67. The van der Waals surface area contributed by atoms with Crippen LogP contribution in [0.4, 0.5) is 27.6 Å². The average molecular weight is 322 g/mol. The van der Waals surface area contributed by atoms with Crippen molar-refractivity contribution in [3.63, 3.8) is 0 Å². The van der Waals surface area contributed by atoms with Crippen LogP contribution in [0, 0.1) is 11.6 Å². The minimum absolute atomic E-state index is 0.131. The third-order valence-electron chi connectivity index (χ3n) is 1.44. The van der Waals surface area contributed by atoms with E-state index in [0.29, 0.717) is 12.1 Å². The number of rotatable bonds is 1. The maximum Gasteiger partial charge on any atom is 0.444 e. The molecule has 0 radical (unpaired) electrons. The lowest BCUT2D eigenvalue weighted by molar-refractivity contribution is -0.0558. The highest BCUT2D eigenvalue weighted by Gasteiger charge is 2.34. The summed E-state index contributed by atoms with van der Waals surface area (Å²) < 4.78 is 61.2. The molecule has 0 heterocycles. The summed E-state index contributed by atoms with van der Waals surface area (Å²) in [6.07, 6.45) is -4.83. The van der Waals surface area contributed by atoms with Crippen molar-refractivity contribution in [2.75, 3.05) is 0 Å². The van der Waals surface area contributed by atoms with Crippen LogP contribution in [-0.2, 0) is 0 Å². The molecule has 1 aromatic carbocycles. The number of benzene rings is 1. The summed E-state index contributed by atoms with van der Waals surface area (Å²) in [6.45, 7) is 0. The molecule has 0 atom stereocenters. The van der Waals surface area contributed by atoms with Crippen molar-refractivity contribution in [1.82, 2.24) is 0 Å². The first-order chi connectivity index (χ1) is 7.21. The Balaban J connectivity index is 3.21. The molecule has 0 saturated heterocycles. The molecule has 8 heteroatoms. The number of nitrogens with zero attached hydrogens (tertiary/aromatic N) is 1. The van der Waals surface area contributed by atoms with Gasteiger partial charge >= 0.3 is 6.18 Å². The van der Waals surface area contributed by atoms with E-state index in [2.05, 4.69) is 20.9 Å². The lowest BCUT2D eigenvalue weighted by Crippen LogP contribution is -2.16. The van der Waals surface area contributed by atoms with E-state index in [1.807, 2.05) is 0 Å². The van der Waals surface area contributed by atoms with Gasteiger partial charge in [-0.15, -0.1) is 0 Å². The summed E-state index contributed by atoms with van der Waals surface area (Å²) in [5.74, 6) is -2.51. The Kier molecular flexibility index (Phi) is 3.90. The Labute approximate surface area is 100 Å². The monoisotopic (exact) mass is 321 g/mol. The molecule has 0 aliphatic carbocycles. The molecule has 1 rings (SSSR count). The molecule has 88 valence electrons. The molecule has 1 aromatic rings. The first-order valence-electron chi connectivity index (χ1n) is 3.67. The van der Waals surface area contributed by atoms with Crippen LogP contribution in [0.1, 0.15) is 0 Å². The van der Waals surface area contributed by atoms with Gasteiger partial charge in [-0.1, -0.05) is 11.6 Å². The fraction of sp³-hybridized carbons (Fsp3) is 0.125. The molecule has 0 unspecified atom stereocenters. The van der Waals surface area contributed by atoms with Gasteiger partial charge in [-0.3, -0.25) is 0 Å². The van der Waals surface area contributed by atoms with E-state index in [9.17, 15) is 22.0 Å². The Morgan fingerprint density at radius 2 is 1.69 bits per heavy atom. The number of halogens is 7. The molecule has 0 aromatic heterocycles. The maximum atomic E-state index is 12.7. The summed E-state index contributed by atoms with van der Waals surface area (Å²) in [5.41, 5.74) is -0.443. The van der Waals surface area contributed by atoms with Gasteiger partial charge in [0.15, 0.2) is 11.6 Å².